The molecule has 0 aromatic carbocycles. The van der Waals surface area contributed by atoms with Gasteiger partial charge in [0.2, 0.25) is 0 Å². The zero-order chi connectivity index (χ0) is 12.0. The summed E-state index contributed by atoms with van der Waals surface area (Å²) < 4.78 is 0.756. The molecule has 5 heteroatoms. The summed E-state index contributed by atoms with van der Waals surface area (Å²) in [7, 11) is 0. The lowest BCUT2D eigenvalue weighted by Crippen LogP contribution is -2.32. The van der Waals surface area contributed by atoms with Gasteiger partial charge < -0.3 is 4.90 Å². The molecule has 4 nitrogen and oxygen atoms in total. The molecule has 0 radical (unpaired) electrons. The summed E-state index contributed by atoms with van der Waals surface area (Å²) in [5.41, 5.74) is 0.498. The zero-order valence-corrected chi connectivity index (χ0v) is 10.6. The molecule has 0 N–H and O–H groups in total. The van der Waals surface area contributed by atoms with Gasteiger partial charge in [-0.25, -0.2) is 0 Å². The molecular formula is C11H12BrN3O. The Morgan fingerprint density at radius 3 is 2.94 bits per heavy atom. The molecule has 16 heavy (non-hydrogen) atoms. The molecule has 0 saturated carbocycles. The van der Waals surface area contributed by atoms with Crippen LogP contribution in [0.1, 0.15) is 23.7 Å². The van der Waals surface area contributed by atoms with Crippen molar-refractivity contribution in [3.63, 3.8) is 0 Å². The Labute approximate surface area is 103 Å². The van der Waals surface area contributed by atoms with Crippen molar-refractivity contribution in [2.45, 2.75) is 13.3 Å². The highest BCUT2D eigenvalue weighted by molar-refractivity contribution is 9.10. The summed E-state index contributed by atoms with van der Waals surface area (Å²) >= 11 is 3.26. The van der Waals surface area contributed by atoms with Crippen molar-refractivity contribution in [3.8, 4) is 6.07 Å². The number of hydrogen-bond donors (Lipinski definition) is 0. The standard InChI is InChI=1S/C11H12BrN3O/c1-2-4-15(5-3-13)11(16)9-6-10(12)8-14-7-9/h6-8H,2,4-5H2,1H3. The molecule has 1 heterocycles. The normalized spacial score (nSPS) is 9.56. The van der Waals surface area contributed by atoms with Gasteiger partial charge in [-0.1, -0.05) is 6.92 Å². The Kier molecular flexibility index (Phi) is 4.93. The Balaban J connectivity index is 2.86. The van der Waals surface area contributed by atoms with Crippen LogP contribution in [-0.2, 0) is 0 Å². The van der Waals surface area contributed by atoms with E-state index in [1.54, 1.807) is 12.3 Å². The van der Waals surface area contributed by atoms with Crippen LogP contribution in [-0.4, -0.2) is 28.9 Å². The van der Waals surface area contributed by atoms with Crippen LogP contribution in [0.2, 0.25) is 0 Å². The Morgan fingerprint density at radius 2 is 2.38 bits per heavy atom. The lowest BCUT2D eigenvalue weighted by molar-refractivity contribution is 0.0775. The van der Waals surface area contributed by atoms with Crippen molar-refractivity contribution in [2.75, 3.05) is 13.1 Å². The van der Waals surface area contributed by atoms with Crippen LogP contribution < -0.4 is 0 Å². The van der Waals surface area contributed by atoms with Gasteiger partial charge in [0.1, 0.15) is 6.54 Å². The van der Waals surface area contributed by atoms with Gasteiger partial charge in [0.25, 0.3) is 5.91 Å². The highest BCUT2D eigenvalue weighted by Crippen LogP contribution is 2.11. The van der Waals surface area contributed by atoms with E-state index < -0.39 is 0 Å². The van der Waals surface area contributed by atoms with Crippen molar-refractivity contribution in [1.29, 1.82) is 5.26 Å². The second-order valence-electron chi connectivity index (χ2n) is 3.28. The van der Waals surface area contributed by atoms with Crippen molar-refractivity contribution in [3.05, 3.63) is 28.5 Å². The topological polar surface area (TPSA) is 57.0 Å². The predicted molar refractivity (Wildman–Crippen MR) is 63.7 cm³/mol. The first kappa shape index (κ1) is 12.7. The quantitative estimate of drug-likeness (QED) is 0.796. The van der Waals surface area contributed by atoms with Crippen LogP contribution in [0.4, 0.5) is 0 Å². The van der Waals surface area contributed by atoms with Gasteiger partial charge in [0.05, 0.1) is 11.6 Å². The van der Waals surface area contributed by atoms with Gasteiger partial charge in [-0.3, -0.25) is 9.78 Å². The van der Waals surface area contributed by atoms with Gasteiger partial charge in [-0.2, -0.15) is 5.26 Å². The largest absolute Gasteiger partial charge is 0.325 e. The third-order valence-corrected chi connectivity index (χ3v) is 2.43. The highest BCUT2D eigenvalue weighted by atomic mass is 79.9. The molecule has 84 valence electrons. The molecule has 0 saturated heterocycles. The van der Waals surface area contributed by atoms with Gasteiger partial charge in [-0.15, -0.1) is 0 Å². The number of halogens is 1. The van der Waals surface area contributed by atoms with E-state index >= 15 is 0 Å². The maximum Gasteiger partial charge on any atom is 0.256 e. The SMILES string of the molecule is CCCN(CC#N)C(=O)c1cncc(Br)c1. The highest BCUT2D eigenvalue weighted by Gasteiger charge is 2.14. The predicted octanol–water partition coefficient (Wildman–Crippen LogP) is 2.22. The van der Waals surface area contributed by atoms with Crippen LogP contribution >= 0.6 is 15.9 Å². The summed E-state index contributed by atoms with van der Waals surface area (Å²) in [5, 5.41) is 8.64. The van der Waals surface area contributed by atoms with E-state index in [1.165, 1.54) is 11.1 Å². The van der Waals surface area contributed by atoms with Crippen LogP contribution in [0.25, 0.3) is 0 Å². The number of carbonyl (C=O) groups is 1. The molecule has 0 aliphatic heterocycles. The minimum Gasteiger partial charge on any atom is -0.325 e. The van der Waals surface area contributed by atoms with Crippen molar-refractivity contribution in [2.24, 2.45) is 0 Å². The maximum atomic E-state index is 12.0. The van der Waals surface area contributed by atoms with Crippen LogP contribution in [0.5, 0.6) is 0 Å². The summed E-state index contributed by atoms with van der Waals surface area (Å²) in [6, 6.07) is 3.69. The molecule has 0 bridgehead atoms. The van der Waals surface area contributed by atoms with Crippen molar-refractivity contribution in [1.82, 2.24) is 9.88 Å². The minimum atomic E-state index is -0.155. The van der Waals surface area contributed by atoms with Crippen molar-refractivity contribution < 1.29 is 4.79 Å². The second kappa shape index (κ2) is 6.23. The monoisotopic (exact) mass is 281 g/mol. The average Bonchev–Trinajstić information content (AvgIpc) is 2.28. The second-order valence-corrected chi connectivity index (χ2v) is 4.19. The van der Waals surface area contributed by atoms with E-state index in [0.717, 1.165) is 10.9 Å². The summed E-state index contributed by atoms with van der Waals surface area (Å²) in [6.45, 7) is 2.66. The zero-order valence-electron chi connectivity index (χ0n) is 8.98. The molecule has 0 aliphatic rings. The molecule has 1 aromatic rings. The smallest absolute Gasteiger partial charge is 0.256 e. The first-order chi connectivity index (χ1) is 7.69. The molecular weight excluding hydrogens is 270 g/mol. The minimum absolute atomic E-state index is 0.110. The molecule has 0 aliphatic carbocycles. The molecule has 0 spiro atoms. The summed E-state index contributed by atoms with van der Waals surface area (Å²) in [6.07, 6.45) is 3.95. The van der Waals surface area contributed by atoms with E-state index in [9.17, 15) is 4.79 Å². The lowest BCUT2D eigenvalue weighted by Gasteiger charge is -2.18. The molecule has 0 atom stereocenters. The summed E-state index contributed by atoms with van der Waals surface area (Å²) in [4.78, 5) is 17.4. The number of carbonyl (C=O) groups excluding carboxylic acids is 1. The first-order valence-electron chi connectivity index (χ1n) is 4.95. The van der Waals surface area contributed by atoms with Crippen molar-refractivity contribution >= 4 is 21.8 Å². The Morgan fingerprint density at radius 1 is 1.62 bits per heavy atom. The number of nitrogens with zero attached hydrogens (tertiary/aromatic N) is 3. The van der Waals surface area contributed by atoms with Crippen LogP contribution in [0.15, 0.2) is 22.9 Å². The number of hydrogen-bond acceptors (Lipinski definition) is 3. The van der Waals surface area contributed by atoms with Gasteiger partial charge in [-0.05, 0) is 28.4 Å². The fourth-order valence-corrected chi connectivity index (χ4v) is 1.68. The molecule has 1 aromatic heterocycles. The number of nitriles is 1. The number of pyridine rings is 1. The third kappa shape index (κ3) is 3.31. The first-order valence-corrected chi connectivity index (χ1v) is 5.75. The fourth-order valence-electron chi connectivity index (χ4n) is 1.32. The Bertz CT molecular complexity index is 414. The maximum absolute atomic E-state index is 12.0. The molecule has 1 amide bonds. The number of amides is 1. The van der Waals surface area contributed by atoms with E-state index in [4.69, 9.17) is 5.26 Å². The number of aromatic nitrogens is 1. The Hall–Kier alpha value is -1.41. The van der Waals surface area contributed by atoms with Gasteiger partial charge in [0.15, 0.2) is 0 Å². The van der Waals surface area contributed by atoms with Crippen LogP contribution in [0.3, 0.4) is 0 Å². The third-order valence-electron chi connectivity index (χ3n) is 1.99. The van der Waals surface area contributed by atoms with E-state index in [-0.39, 0.29) is 12.5 Å². The molecule has 0 fully saturated rings. The fraction of sp³-hybridized carbons (Fsp3) is 0.364. The van der Waals surface area contributed by atoms with E-state index in [2.05, 4.69) is 20.9 Å². The lowest BCUT2D eigenvalue weighted by atomic mass is 10.2. The molecule has 1 rings (SSSR count). The van der Waals surface area contributed by atoms with E-state index in [0.29, 0.717) is 12.1 Å². The molecule has 0 unspecified atom stereocenters. The van der Waals surface area contributed by atoms with Gasteiger partial charge >= 0.3 is 0 Å². The number of rotatable bonds is 4. The van der Waals surface area contributed by atoms with E-state index in [1.807, 2.05) is 13.0 Å². The average molecular weight is 282 g/mol. The van der Waals surface area contributed by atoms with Gasteiger partial charge in [0, 0.05) is 23.4 Å². The summed E-state index contributed by atoms with van der Waals surface area (Å²) in [5.74, 6) is -0.155. The van der Waals surface area contributed by atoms with Crippen LogP contribution in [0, 0.1) is 11.3 Å².